The van der Waals surface area contributed by atoms with Crippen LogP contribution < -0.4 is 20.3 Å². The molecule has 0 unspecified atom stereocenters. The molecule has 0 bridgehead atoms. The van der Waals surface area contributed by atoms with E-state index in [1.807, 2.05) is 25.2 Å². The van der Waals surface area contributed by atoms with Crippen molar-refractivity contribution in [3.05, 3.63) is 48.0 Å². The lowest BCUT2D eigenvalue weighted by Crippen LogP contribution is -2.46. The summed E-state index contributed by atoms with van der Waals surface area (Å²) in [4.78, 5) is 25.8. The predicted molar refractivity (Wildman–Crippen MR) is 136 cm³/mol. The maximum atomic E-state index is 11.6. The molecular weight excluding hydrogens is 428 g/mol. The number of aromatic nitrogens is 2. The van der Waals surface area contributed by atoms with E-state index in [4.69, 9.17) is 9.72 Å². The van der Waals surface area contributed by atoms with Crippen molar-refractivity contribution in [2.75, 3.05) is 61.9 Å². The van der Waals surface area contributed by atoms with Gasteiger partial charge in [-0.1, -0.05) is 12.1 Å². The van der Waals surface area contributed by atoms with E-state index in [9.17, 15) is 4.79 Å². The van der Waals surface area contributed by atoms with Crippen LogP contribution in [0.1, 0.15) is 24.8 Å². The first-order valence-electron chi connectivity index (χ1n) is 12.2. The van der Waals surface area contributed by atoms with E-state index in [2.05, 4.69) is 49.7 Å². The van der Waals surface area contributed by atoms with Gasteiger partial charge in [0.05, 0.1) is 17.8 Å². The number of unbranched alkanes of at least 4 members (excludes halogenated alkanes) is 1. The van der Waals surface area contributed by atoms with Gasteiger partial charge in [-0.05, 0) is 55.6 Å². The number of fused-ring (bicyclic) bond motifs is 2. The van der Waals surface area contributed by atoms with Crippen LogP contribution in [-0.4, -0.2) is 67.2 Å². The van der Waals surface area contributed by atoms with Crippen molar-refractivity contribution < 1.29 is 9.53 Å². The van der Waals surface area contributed by atoms with Crippen LogP contribution in [0.25, 0.3) is 10.9 Å². The average molecular weight is 461 g/mol. The molecule has 4 heterocycles. The van der Waals surface area contributed by atoms with Gasteiger partial charge in [-0.25, -0.2) is 4.98 Å². The Morgan fingerprint density at radius 3 is 2.74 bits per heavy atom. The molecule has 0 atom stereocenters. The third-order valence-corrected chi connectivity index (χ3v) is 6.62. The zero-order chi connectivity index (χ0) is 23.3. The molecule has 2 aromatic heterocycles. The van der Waals surface area contributed by atoms with Crippen molar-refractivity contribution in [2.45, 2.75) is 25.7 Å². The number of hydrogen-bond acceptors (Lipinski definition) is 7. The molecule has 0 saturated carbocycles. The Morgan fingerprint density at radius 1 is 1.00 bits per heavy atom. The number of pyridine rings is 2. The van der Waals surface area contributed by atoms with Crippen molar-refractivity contribution >= 4 is 34.1 Å². The number of hydrogen-bond donors (Lipinski definition) is 2. The summed E-state index contributed by atoms with van der Waals surface area (Å²) in [7, 11) is 1.91. The maximum absolute atomic E-state index is 11.6. The number of amides is 1. The number of carbonyl (C=O) groups is 1. The lowest BCUT2D eigenvalue weighted by atomic mass is 10.1. The second-order valence-electron chi connectivity index (χ2n) is 8.89. The van der Waals surface area contributed by atoms with Crippen LogP contribution in [0.4, 0.5) is 17.3 Å². The SMILES string of the molecule is CNc1ccc2cccc(N3CCN(CCCCOc4ccc5c(n4)NC(=O)CC5)CC3)c2n1. The number of carbonyl (C=O) groups excluding carboxylic acids is 1. The summed E-state index contributed by atoms with van der Waals surface area (Å²) in [5, 5.41) is 7.15. The van der Waals surface area contributed by atoms with Crippen molar-refractivity contribution in [3.8, 4) is 5.88 Å². The van der Waals surface area contributed by atoms with E-state index < -0.39 is 0 Å². The molecule has 5 rings (SSSR count). The quantitative estimate of drug-likeness (QED) is 0.498. The van der Waals surface area contributed by atoms with Crippen LogP contribution in [0, 0.1) is 0 Å². The minimum atomic E-state index is 0.0247. The average Bonchev–Trinajstić information content (AvgIpc) is 2.88. The molecule has 178 valence electrons. The number of aryl methyl sites for hydroxylation is 1. The minimum absolute atomic E-state index is 0.0247. The largest absolute Gasteiger partial charge is 0.478 e. The molecule has 1 saturated heterocycles. The molecule has 0 spiro atoms. The number of anilines is 3. The first-order chi connectivity index (χ1) is 16.7. The Hall–Kier alpha value is -3.39. The standard InChI is InChI=1S/C26H32N6O2/c1-27-22-10-7-19-5-4-6-21(25(19)28-22)32-16-14-31(15-17-32)13-2-3-18-34-24-12-9-20-8-11-23(33)29-26(20)30-24/h4-7,9-10,12H,2-3,8,11,13-18H2,1H3,(H,27,28)(H,29,30,33). The number of rotatable bonds is 8. The van der Waals surface area contributed by atoms with Crippen molar-refractivity contribution in [1.82, 2.24) is 14.9 Å². The van der Waals surface area contributed by atoms with Crippen LogP contribution in [-0.2, 0) is 11.2 Å². The number of piperazine rings is 1. The van der Waals surface area contributed by atoms with Gasteiger partial charge in [-0.2, -0.15) is 4.98 Å². The summed E-state index contributed by atoms with van der Waals surface area (Å²) in [6, 6.07) is 14.5. The molecule has 1 amide bonds. The summed E-state index contributed by atoms with van der Waals surface area (Å²) >= 11 is 0. The van der Waals surface area contributed by atoms with Gasteiger partial charge in [0, 0.05) is 51.1 Å². The van der Waals surface area contributed by atoms with Gasteiger partial charge in [0.25, 0.3) is 0 Å². The molecule has 8 heteroatoms. The highest BCUT2D eigenvalue weighted by atomic mass is 16.5. The molecule has 0 radical (unpaired) electrons. The second kappa shape index (κ2) is 10.3. The Kier molecular flexibility index (Phi) is 6.76. The summed E-state index contributed by atoms with van der Waals surface area (Å²) in [5.41, 5.74) is 3.36. The Morgan fingerprint density at radius 2 is 1.88 bits per heavy atom. The van der Waals surface area contributed by atoms with E-state index in [0.717, 1.165) is 68.9 Å². The minimum Gasteiger partial charge on any atom is -0.478 e. The lowest BCUT2D eigenvalue weighted by molar-refractivity contribution is -0.116. The number of nitrogens with zero attached hydrogens (tertiary/aromatic N) is 4. The number of ether oxygens (including phenoxy) is 1. The highest BCUT2D eigenvalue weighted by Crippen LogP contribution is 2.27. The summed E-state index contributed by atoms with van der Waals surface area (Å²) in [6.45, 7) is 5.82. The van der Waals surface area contributed by atoms with Gasteiger partial charge < -0.3 is 20.3 Å². The van der Waals surface area contributed by atoms with Crippen LogP contribution in [0.3, 0.4) is 0 Å². The maximum Gasteiger partial charge on any atom is 0.225 e. The number of para-hydroxylation sites is 1. The van der Waals surface area contributed by atoms with Gasteiger partial charge >= 0.3 is 0 Å². The van der Waals surface area contributed by atoms with Gasteiger partial charge in [0.15, 0.2) is 0 Å². The highest BCUT2D eigenvalue weighted by Gasteiger charge is 2.19. The van der Waals surface area contributed by atoms with Crippen molar-refractivity contribution in [1.29, 1.82) is 0 Å². The Bertz CT molecular complexity index is 1160. The van der Waals surface area contributed by atoms with Crippen LogP contribution in [0.15, 0.2) is 42.5 Å². The molecule has 1 aromatic carbocycles. The fourth-order valence-corrected chi connectivity index (χ4v) is 4.66. The summed E-state index contributed by atoms with van der Waals surface area (Å²) in [6.07, 6.45) is 3.34. The number of benzene rings is 1. The summed E-state index contributed by atoms with van der Waals surface area (Å²) in [5.74, 6) is 2.16. The van der Waals surface area contributed by atoms with Crippen molar-refractivity contribution in [2.24, 2.45) is 0 Å². The van der Waals surface area contributed by atoms with E-state index in [1.165, 1.54) is 11.1 Å². The first-order valence-corrected chi connectivity index (χ1v) is 12.2. The number of nitrogens with one attached hydrogen (secondary N) is 2. The van der Waals surface area contributed by atoms with E-state index in [-0.39, 0.29) is 5.91 Å². The van der Waals surface area contributed by atoms with Crippen LogP contribution in [0.5, 0.6) is 5.88 Å². The predicted octanol–water partition coefficient (Wildman–Crippen LogP) is 3.54. The fourth-order valence-electron chi connectivity index (χ4n) is 4.66. The zero-order valence-corrected chi connectivity index (χ0v) is 19.7. The third kappa shape index (κ3) is 5.07. The van der Waals surface area contributed by atoms with E-state index in [1.54, 1.807) is 0 Å². The molecule has 3 aromatic rings. The van der Waals surface area contributed by atoms with Crippen molar-refractivity contribution in [3.63, 3.8) is 0 Å². The second-order valence-corrected chi connectivity index (χ2v) is 8.89. The molecule has 0 aliphatic carbocycles. The zero-order valence-electron chi connectivity index (χ0n) is 19.7. The van der Waals surface area contributed by atoms with E-state index >= 15 is 0 Å². The molecule has 8 nitrogen and oxygen atoms in total. The first kappa shape index (κ1) is 22.4. The summed E-state index contributed by atoms with van der Waals surface area (Å²) < 4.78 is 5.83. The van der Waals surface area contributed by atoms with Gasteiger partial charge in [0.1, 0.15) is 11.6 Å². The fraction of sp³-hybridized carbons (Fsp3) is 0.423. The smallest absolute Gasteiger partial charge is 0.225 e. The topological polar surface area (TPSA) is 82.6 Å². The normalized spacial score (nSPS) is 16.3. The molecule has 2 aliphatic heterocycles. The molecule has 34 heavy (non-hydrogen) atoms. The molecule has 2 aliphatic rings. The molecule has 2 N–H and O–H groups in total. The van der Waals surface area contributed by atoms with E-state index in [0.29, 0.717) is 24.7 Å². The van der Waals surface area contributed by atoms with Crippen LogP contribution >= 0.6 is 0 Å². The monoisotopic (exact) mass is 460 g/mol. The van der Waals surface area contributed by atoms with Gasteiger partial charge in [-0.15, -0.1) is 0 Å². The lowest BCUT2D eigenvalue weighted by Gasteiger charge is -2.36. The highest BCUT2D eigenvalue weighted by molar-refractivity contribution is 5.93. The van der Waals surface area contributed by atoms with Crippen LogP contribution in [0.2, 0.25) is 0 Å². The third-order valence-electron chi connectivity index (χ3n) is 6.62. The Balaban J connectivity index is 1.06. The van der Waals surface area contributed by atoms with Gasteiger partial charge in [-0.3, -0.25) is 9.69 Å². The Labute approximate surface area is 200 Å². The molecule has 1 fully saturated rings. The molecular formula is C26H32N6O2. The van der Waals surface area contributed by atoms with Gasteiger partial charge in [0.2, 0.25) is 11.8 Å².